The topological polar surface area (TPSA) is 46.3 Å². The van der Waals surface area contributed by atoms with E-state index in [4.69, 9.17) is 5.73 Å². The van der Waals surface area contributed by atoms with Gasteiger partial charge in [0.15, 0.2) is 0 Å². The summed E-state index contributed by atoms with van der Waals surface area (Å²) in [6, 6.07) is 0.146. The van der Waals surface area contributed by atoms with Gasteiger partial charge in [-0.25, -0.2) is 0 Å². The summed E-state index contributed by atoms with van der Waals surface area (Å²) in [5.41, 5.74) is 5.80. The third kappa shape index (κ3) is 3.20. The molecule has 1 rings (SSSR count). The molecule has 0 spiro atoms. The van der Waals surface area contributed by atoms with Crippen molar-refractivity contribution in [2.75, 3.05) is 6.54 Å². The molecule has 1 fully saturated rings. The average Bonchev–Trinajstić information content (AvgIpc) is 2.62. The Morgan fingerprint density at radius 3 is 2.73 bits per heavy atom. The van der Waals surface area contributed by atoms with Crippen molar-refractivity contribution in [3.63, 3.8) is 0 Å². The van der Waals surface area contributed by atoms with Crippen molar-refractivity contribution in [1.29, 1.82) is 0 Å². The first kappa shape index (κ1) is 12.5. The normalized spacial score (nSPS) is 23.5. The molecule has 1 aliphatic heterocycles. The molecule has 0 saturated carbocycles. The number of amides is 1. The van der Waals surface area contributed by atoms with Crippen LogP contribution >= 0.6 is 0 Å². The molecule has 1 heterocycles. The number of carbonyl (C=O) groups excluding carboxylic acids is 1. The van der Waals surface area contributed by atoms with Crippen LogP contribution in [0.3, 0.4) is 0 Å². The third-order valence-corrected chi connectivity index (χ3v) is 3.16. The zero-order valence-corrected chi connectivity index (χ0v) is 10.2. The Balaban J connectivity index is 2.55. The summed E-state index contributed by atoms with van der Waals surface area (Å²) in [6.45, 7) is 7.29. The van der Waals surface area contributed by atoms with Crippen LogP contribution in [0.15, 0.2) is 0 Å². The van der Waals surface area contributed by atoms with E-state index in [1.54, 1.807) is 0 Å². The lowest BCUT2D eigenvalue weighted by Crippen LogP contribution is -2.46. The van der Waals surface area contributed by atoms with Gasteiger partial charge in [-0.3, -0.25) is 4.79 Å². The number of rotatable bonds is 4. The number of carbonyl (C=O) groups is 1. The van der Waals surface area contributed by atoms with Crippen molar-refractivity contribution < 1.29 is 4.79 Å². The highest BCUT2D eigenvalue weighted by atomic mass is 16.2. The number of likely N-dealkylation sites (tertiary alicyclic amines) is 1. The summed E-state index contributed by atoms with van der Waals surface area (Å²) in [5.74, 6) is 0.807. The van der Waals surface area contributed by atoms with Gasteiger partial charge in [-0.05, 0) is 31.6 Å². The van der Waals surface area contributed by atoms with E-state index in [1.165, 1.54) is 0 Å². The smallest absolute Gasteiger partial charge is 0.239 e. The van der Waals surface area contributed by atoms with Crippen LogP contribution in [0.4, 0.5) is 0 Å². The first-order valence-corrected chi connectivity index (χ1v) is 6.12. The number of hydrogen-bond donors (Lipinski definition) is 1. The summed E-state index contributed by atoms with van der Waals surface area (Å²) in [6.07, 6.45) is 4.14. The summed E-state index contributed by atoms with van der Waals surface area (Å²) in [5, 5.41) is 0. The molecule has 1 aliphatic rings. The summed E-state index contributed by atoms with van der Waals surface area (Å²) in [7, 11) is 0. The zero-order valence-electron chi connectivity index (χ0n) is 10.2. The molecule has 0 aromatic rings. The molecule has 0 aromatic carbocycles. The second kappa shape index (κ2) is 5.50. The van der Waals surface area contributed by atoms with E-state index in [9.17, 15) is 4.79 Å². The van der Waals surface area contributed by atoms with Crippen LogP contribution in [-0.2, 0) is 4.79 Å². The maximum Gasteiger partial charge on any atom is 0.239 e. The van der Waals surface area contributed by atoms with Crippen molar-refractivity contribution in [2.45, 2.75) is 58.5 Å². The van der Waals surface area contributed by atoms with Gasteiger partial charge in [0.05, 0.1) is 6.04 Å². The Morgan fingerprint density at radius 1 is 1.53 bits per heavy atom. The van der Waals surface area contributed by atoms with Gasteiger partial charge >= 0.3 is 0 Å². The Kier molecular flexibility index (Phi) is 4.58. The quantitative estimate of drug-likeness (QED) is 0.772. The van der Waals surface area contributed by atoms with Gasteiger partial charge in [0.2, 0.25) is 5.91 Å². The first-order chi connectivity index (χ1) is 7.06. The van der Waals surface area contributed by atoms with E-state index in [0.717, 1.165) is 32.2 Å². The molecule has 15 heavy (non-hydrogen) atoms. The summed E-state index contributed by atoms with van der Waals surface area (Å²) in [4.78, 5) is 14.0. The van der Waals surface area contributed by atoms with E-state index >= 15 is 0 Å². The van der Waals surface area contributed by atoms with E-state index in [1.807, 2.05) is 11.8 Å². The molecule has 0 unspecified atom stereocenters. The van der Waals surface area contributed by atoms with Crippen LogP contribution in [0.5, 0.6) is 0 Å². The predicted molar refractivity (Wildman–Crippen MR) is 62.5 cm³/mol. The van der Waals surface area contributed by atoms with Gasteiger partial charge in [-0.15, -0.1) is 0 Å². The van der Waals surface area contributed by atoms with Crippen molar-refractivity contribution in [3.8, 4) is 0 Å². The predicted octanol–water partition coefficient (Wildman–Crippen LogP) is 1.76. The molecule has 1 saturated heterocycles. The van der Waals surface area contributed by atoms with Gasteiger partial charge < -0.3 is 10.6 Å². The minimum absolute atomic E-state index is 0.153. The molecule has 2 N–H and O–H groups in total. The Labute approximate surface area is 93.0 Å². The average molecular weight is 212 g/mol. The molecular formula is C12H24N2O. The minimum atomic E-state index is -0.294. The molecule has 1 amide bonds. The van der Waals surface area contributed by atoms with Crippen LogP contribution in [0.1, 0.15) is 46.5 Å². The van der Waals surface area contributed by atoms with E-state index in [0.29, 0.717) is 12.0 Å². The number of hydrogen-bond acceptors (Lipinski definition) is 2. The van der Waals surface area contributed by atoms with Gasteiger partial charge in [-0.2, -0.15) is 0 Å². The van der Waals surface area contributed by atoms with Crippen LogP contribution < -0.4 is 5.73 Å². The van der Waals surface area contributed by atoms with Crippen molar-refractivity contribution >= 4 is 5.91 Å². The van der Waals surface area contributed by atoms with Gasteiger partial charge in [0.25, 0.3) is 0 Å². The molecule has 0 bridgehead atoms. The number of nitrogens with two attached hydrogens (primary N) is 1. The molecule has 0 aromatic heterocycles. The van der Waals surface area contributed by atoms with E-state index in [2.05, 4.69) is 13.8 Å². The fourth-order valence-corrected chi connectivity index (χ4v) is 2.30. The fourth-order valence-electron chi connectivity index (χ4n) is 2.30. The van der Waals surface area contributed by atoms with E-state index < -0.39 is 0 Å². The Morgan fingerprint density at radius 2 is 2.20 bits per heavy atom. The molecule has 88 valence electrons. The highest BCUT2D eigenvalue weighted by Gasteiger charge is 2.31. The molecule has 0 radical (unpaired) electrons. The van der Waals surface area contributed by atoms with Crippen LogP contribution in [0.2, 0.25) is 0 Å². The standard InChI is InChI=1S/C12H24N2O/c1-4-11(13)12(15)14-7-5-6-10(14)8-9(2)3/h9-11H,4-8,13H2,1-3H3/t10-,11-/m0/s1. The Bertz CT molecular complexity index is 216. The van der Waals surface area contributed by atoms with Crippen LogP contribution in [-0.4, -0.2) is 29.4 Å². The second-order valence-corrected chi connectivity index (χ2v) is 4.97. The lowest BCUT2D eigenvalue weighted by molar-refractivity contribution is -0.133. The molecule has 3 heteroatoms. The molecule has 0 aliphatic carbocycles. The van der Waals surface area contributed by atoms with Gasteiger partial charge in [-0.1, -0.05) is 20.8 Å². The van der Waals surface area contributed by atoms with Gasteiger partial charge in [0, 0.05) is 12.6 Å². The minimum Gasteiger partial charge on any atom is -0.338 e. The van der Waals surface area contributed by atoms with E-state index in [-0.39, 0.29) is 11.9 Å². The highest BCUT2D eigenvalue weighted by molar-refractivity contribution is 5.82. The number of nitrogens with zero attached hydrogens (tertiary/aromatic N) is 1. The van der Waals surface area contributed by atoms with Crippen LogP contribution in [0, 0.1) is 5.92 Å². The lowest BCUT2D eigenvalue weighted by atomic mass is 10.0. The largest absolute Gasteiger partial charge is 0.338 e. The maximum absolute atomic E-state index is 12.0. The monoisotopic (exact) mass is 212 g/mol. The SMILES string of the molecule is CC[C@H](N)C(=O)N1CCC[C@H]1CC(C)C. The molecule has 3 nitrogen and oxygen atoms in total. The van der Waals surface area contributed by atoms with Crippen LogP contribution in [0.25, 0.3) is 0 Å². The second-order valence-electron chi connectivity index (χ2n) is 4.97. The third-order valence-electron chi connectivity index (χ3n) is 3.16. The lowest BCUT2D eigenvalue weighted by Gasteiger charge is -2.28. The summed E-state index contributed by atoms with van der Waals surface area (Å²) < 4.78 is 0. The Hall–Kier alpha value is -0.570. The summed E-state index contributed by atoms with van der Waals surface area (Å²) >= 11 is 0. The maximum atomic E-state index is 12.0. The van der Waals surface area contributed by atoms with Crippen molar-refractivity contribution in [1.82, 2.24) is 4.90 Å². The zero-order chi connectivity index (χ0) is 11.4. The highest BCUT2D eigenvalue weighted by Crippen LogP contribution is 2.24. The fraction of sp³-hybridized carbons (Fsp3) is 0.917. The van der Waals surface area contributed by atoms with Crippen molar-refractivity contribution in [2.24, 2.45) is 11.7 Å². The van der Waals surface area contributed by atoms with Crippen molar-refractivity contribution in [3.05, 3.63) is 0 Å². The first-order valence-electron chi connectivity index (χ1n) is 6.12. The molecular weight excluding hydrogens is 188 g/mol. The van der Waals surface area contributed by atoms with Gasteiger partial charge in [0.1, 0.15) is 0 Å². The molecule has 2 atom stereocenters.